The monoisotopic (exact) mass is 489 g/mol. The van der Waals surface area contributed by atoms with Crippen molar-refractivity contribution in [3.05, 3.63) is 119 Å². The van der Waals surface area contributed by atoms with Crippen LogP contribution in [0.2, 0.25) is 0 Å². The van der Waals surface area contributed by atoms with Crippen molar-refractivity contribution in [1.29, 1.82) is 0 Å². The fourth-order valence-corrected chi connectivity index (χ4v) is 5.12. The third-order valence-corrected chi connectivity index (χ3v) is 7.08. The molecule has 0 amide bonds. The first kappa shape index (κ1) is 23.0. The Balaban J connectivity index is 1.44. The maximum Gasteiger partial charge on any atom is 0.188 e. The van der Waals surface area contributed by atoms with Gasteiger partial charge in [-0.1, -0.05) is 48.5 Å². The van der Waals surface area contributed by atoms with E-state index >= 15 is 0 Å². The third kappa shape index (κ3) is 4.25. The SMILES string of the molecule is C[C@](Oc1ccc2c(c1COc1cccc3cccnc13)CCCC2=O)(c1ccccc1)c1ncc[nH]1. The van der Waals surface area contributed by atoms with Crippen LogP contribution in [0.4, 0.5) is 0 Å². The summed E-state index contributed by atoms with van der Waals surface area (Å²) < 4.78 is 13.2. The van der Waals surface area contributed by atoms with E-state index in [0.717, 1.165) is 46.0 Å². The Bertz CT molecular complexity index is 1560. The van der Waals surface area contributed by atoms with Crippen molar-refractivity contribution in [1.82, 2.24) is 15.0 Å². The van der Waals surface area contributed by atoms with Crippen LogP contribution in [0.25, 0.3) is 10.9 Å². The molecule has 6 heteroatoms. The maximum absolute atomic E-state index is 12.8. The number of ketones is 1. The van der Waals surface area contributed by atoms with Crippen LogP contribution < -0.4 is 9.47 Å². The van der Waals surface area contributed by atoms with Crippen LogP contribution in [0, 0.1) is 0 Å². The van der Waals surface area contributed by atoms with Crippen molar-refractivity contribution in [3.63, 3.8) is 0 Å². The lowest BCUT2D eigenvalue weighted by Gasteiger charge is -2.32. The van der Waals surface area contributed by atoms with Gasteiger partial charge in [0.1, 0.15) is 23.6 Å². The van der Waals surface area contributed by atoms with E-state index in [0.29, 0.717) is 23.7 Å². The number of imidazole rings is 1. The molecule has 2 aromatic heterocycles. The average molecular weight is 490 g/mol. The number of carbonyl (C=O) groups is 1. The maximum atomic E-state index is 12.8. The molecule has 0 saturated carbocycles. The molecular weight excluding hydrogens is 462 g/mol. The molecule has 0 bridgehead atoms. The van der Waals surface area contributed by atoms with Gasteiger partial charge in [-0.3, -0.25) is 9.78 Å². The second kappa shape index (κ2) is 9.54. The molecule has 0 fully saturated rings. The number of benzene rings is 3. The van der Waals surface area contributed by atoms with E-state index in [1.807, 2.05) is 79.7 Å². The Labute approximate surface area is 215 Å². The van der Waals surface area contributed by atoms with Gasteiger partial charge in [-0.05, 0) is 49.6 Å². The molecule has 1 aliphatic carbocycles. The summed E-state index contributed by atoms with van der Waals surface area (Å²) in [5.74, 6) is 2.22. The Morgan fingerprint density at radius 2 is 1.76 bits per heavy atom. The molecule has 1 N–H and O–H groups in total. The summed E-state index contributed by atoms with van der Waals surface area (Å²) in [5, 5.41) is 1.01. The van der Waals surface area contributed by atoms with Gasteiger partial charge in [0.2, 0.25) is 0 Å². The first-order valence-corrected chi connectivity index (χ1v) is 12.5. The predicted molar refractivity (Wildman–Crippen MR) is 142 cm³/mol. The number of aromatic nitrogens is 3. The molecule has 0 spiro atoms. The highest BCUT2D eigenvalue weighted by Gasteiger charge is 2.35. The van der Waals surface area contributed by atoms with Gasteiger partial charge in [-0.25, -0.2) is 4.98 Å². The molecule has 37 heavy (non-hydrogen) atoms. The topological polar surface area (TPSA) is 77.1 Å². The molecule has 2 heterocycles. The Hall–Kier alpha value is -4.45. The number of fused-ring (bicyclic) bond motifs is 2. The highest BCUT2D eigenvalue weighted by atomic mass is 16.5. The summed E-state index contributed by atoms with van der Waals surface area (Å²) in [4.78, 5) is 25.1. The molecule has 6 rings (SSSR count). The van der Waals surface area contributed by atoms with Gasteiger partial charge in [0.05, 0.1) is 0 Å². The smallest absolute Gasteiger partial charge is 0.188 e. The quantitative estimate of drug-likeness (QED) is 0.286. The largest absolute Gasteiger partial charge is 0.486 e. The van der Waals surface area contributed by atoms with E-state index in [1.54, 1.807) is 18.6 Å². The molecule has 1 aliphatic rings. The van der Waals surface area contributed by atoms with E-state index in [1.165, 1.54) is 0 Å². The lowest BCUT2D eigenvalue weighted by molar-refractivity contribution is 0.0970. The van der Waals surface area contributed by atoms with Crippen LogP contribution in [0.1, 0.15) is 52.6 Å². The number of ether oxygens (including phenoxy) is 2. The van der Waals surface area contributed by atoms with Crippen molar-refractivity contribution in [2.75, 3.05) is 0 Å². The number of aromatic amines is 1. The van der Waals surface area contributed by atoms with Gasteiger partial charge in [0.25, 0.3) is 0 Å². The number of nitrogens with zero attached hydrogens (tertiary/aromatic N) is 2. The Kier molecular flexibility index (Phi) is 5.93. The fraction of sp³-hybridized carbons (Fsp3) is 0.194. The van der Waals surface area contributed by atoms with Crippen molar-refractivity contribution < 1.29 is 14.3 Å². The number of hydrogen-bond donors (Lipinski definition) is 1. The van der Waals surface area contributed by atoms with E-state index < -0.39 is 5.60 Å². The van der Waals surface area contributed by atoms with Crippen LogP contribution in [-0.4, -0.2) is 20.7 Å². The summed E-state index contributed by atoms with van der Waals surface area (Å²) >= 11 is 0. The molecule has 0 unspecified atom stereocenters. The summed E-state index contributed by atoms with van der Waals surface area (Å²) in [7, 11) is 0. The second-order valence-electron chi connectivity index (χ2n) is 9.40. The van der Waals surface area contributed by atoms with E-state index in [9.17, 15) is 4.79 Å². The van der Waals surface area contributed by atoms with Crippen molar-refractivity contribution in [3.8, 4) is 11.5 Å². The zero-order valence-corrected chi connectivity index (χ0v) is 20.6. The summed E-state index contributed by atoms with van der Waals surface area (Å²) in [6.45, 7) is 2.26. The Morgan fingerprint density at radius 3 is 2.59 bits per heavy atom. The highest BCUT2D eigenvalue weighted by Crippen LogP contribution is 2.39. The van der Waals surface area contributed by atoms with Gasteiger partial charge in [-0.2, -0.15) is 0 Å². The molecule has 0 saturated heterocycles. The molecular formula is C31H27N3O3. The van der Waals surface area contributed by atoms with Crippen LogP contribution in [0.15, 0.2) is 91.4 Å². The van der Waals surface area contributed by atoms with Crippen LogP contribution in [0.5, 0.6) is 11.5 Å². The molecule has 5 aromatic rings. The van der Waals surface area contributed by atoms with Crippen LogP contribution in [0.3, 0.4) is 0 Å². The standard InChI is InChI=1S/C31H27N3O3/c1-31(30-33-18-19-34-30,22-10-3-2-4-11-22)37-27-16-15-24-23(12-6-13-26(24)35)25(27)20-36-28-14-5-8-21-9-7-17-32-29(21)28/h2-5,7-11,14-19H,6,12-13,20H2,1H3,(H,33,34)/t31-/m0/s1. The fourth-order valence-electron chi connectivity index (χ4n) is 5.12. The number of rotatable bonds is 7. The number of pyridine rings is 1. The second-order valence-corrected chi connectivity index (χ2v) is 9.40. The summed E-state index contributed by atoms with van der Waals surface area (Å²) in [6, 6.07) is 23.6. The van der Waals surface area contributed by atoms with Gasteiger partial charge in [0, 0.05) is 47.1 Å². The van der Waals surface area contributed by atoms with E-state index in [-0.39, 0.29) is 12.4 Å². The molecule has 0 aliphatic heterocycles. The zero-order chi connectivity index (χ0) is 25.2. The lowest BCUT2D eigenvalue weighted by atomic mass is 9.86. The number of carbonyl (C=O) groups excluding carboxylic acids is 1. The molecule has 3 aromatic carbocycles. The van der Waals surface area contributed by atoms with E-state index in [2.05, 4.69) is 15.0 Å². The van der Waals surface area contributed by atoms with Crippen molar-refractivity contribution in [2.45, 2.75) is 38.4 Å². The zero-order valence-electron chi connectivity index (χ0n) is 20.6. The predicted octanol–water partition coefficient (Wildman–Crippen LogP) is 6.40. The third-order valence-electron chi connectivity index (χ3n) is 7.08. The number of H-pyrrole nitrogens is 1. The summed E-state index contributed by atoms with van der Waals surface area (Å²) in [6.07, 6.45) is 7.46. The van der Waals surface area contributed by atoms with Crippen LogP contribution in [-0.2, 0) is 18.6 Å². The number of hydrogen-bond acceptors (Lipinski definition) is 5. The van der Waals surface area contributed by atoms with Crippen molar-refractivity contribution >= 4 is 16.7 Å². The molecule has 1 atom stereocenters. The molecule has 0 radical (unpaired) electrons. The van der Waals surface area contributed by atoms with Crippen LogP contribution >= 0.6 is 0 Å². The van der Waals surface area contributed by atoms with Gasteiger partial charge >= 0.3 is 0 Å². The van der Waals surface area contributed by atoms with Gasteiger partial charge in [0.15, 0.2) is 17.2 Å². The number of Topliss-reactive ketones (excluding diaryl/α,β-unsaturated/α-hetero) is 1. The Morgan fingerprint density at radius 1 is 0.892 bits per heavy atom. The van der Waals surface area contributed by atoms with Gasteiger partial charge in [-0.15, -0.1) is 0 Å². The minimum absolute atomic E-state index is 0.165. The lowest BCUT2D eigenvalue weighted by Crippen LogP contribution is -2.33. The molecule has 184 valence electrons. The average Bonchev–Trinajstić information content (AvgIpc) is 3.49. The van der Waals surface area contributed by atoms with Gasteiger partial charge < -0.3 is 14.5 Å². The first-order chi connectivity index (χ1) is 18.1. The number of nitrogens with one attached hydrogen (secondary N) is 1. The number of para-hydroxylation sites is 1. The summed E-state index contributed by atoms with van der Waals surface area (Å²) in [5.41, 5.74) is 3.52. The highest BCUT2D eigenvalue weighted by molar-refractivity contribution is 5.99. The first-order valence-electron chi connectivity index (χ1n) is 12.5. The van der Waals surface area contributed by atoms with E-state index in [4.69, 9.17) is 9.47 Å². The molecule has 6 nitrogen and oxygen atoms in total. The minimum atomic E-state index is -0.882. The van der Waals surface area contributed by atoms with Crippen molar-refractivity contribution in [2.24, 2.45) is 0 Å². The minimum Gasteiger partial charge on any atom is -0.486 e. The normalized spacial score (nSPS) is 14.7.